The minimum absolute atomic E-state index is 0.301. The molecule has 0 amide bonds. The summed E-state index contributed by atoms with van der Waals surface area (Å²) in [5.74, 6) is 0.563. The van der Waals surface area contributed by atoms with E-state index in [-0.39, 0.29) is 6.61 Å². The number of benzene rings is 2. The van der Waals surface area contributed by atoms with Crippen molar-refractivity contribution in [1.82, 2.24) is 9.88 Å². The van der Waals surface area contributed by atoms with Crippen molar-refractivity contribution in [2.45, 2.75) is 13.5 Å². The zero-order chi connectivity index (χ0) is 18.8. The first-order chi connectivity index (χ1) is 13.2. The predicted octanol–water partition coefficient (Wildman–Crippen LogP) is 3.68. The van der Waals surface area contributed by atoms with Gasteiger partial charge in [0, 0.05) is 42.7 Å². The predicted molar refractivity (Wildman–Crippen MR) is 107 cm³/mol. The summed E-state index contributed by atoms with van der Waals surface area (Å²) in [6, 6.07) is 15.1. The quantitative estimate of drug-likeness (QED) is 0.766. The Kier molecular flexibility index (Phi) is 5.05. The fourth-order valence-electron chi connectivity index (χ4n) is 3.68. The molecule has 1 aliphatic rings. The molecule has 3 aromatic rings. The number of pyridine rings is 1. The number of nitrogens with zero attached hydrogens (tertiary/aromatic N) is 3. The number of aliphatic hydroxyl groups is 1. The van der Waals surface area contributed by atoms with Gasteiger partial charge in [-0.15, -0.1) is 0 Å². The summed E-state index contributed by atoms with van der Waals surface area (Å²) < 4.78 is 14.2. The average molecular weight is 365 g/mol. The molecule has 0 saturated carbocycles. The molecule has 1 saturated heterocycles. The summed E-state index contributed by atoms with van der Waals surface area (Å²) >= 11 is 0. The van der Waals surface area contributed by atoms with Crippen LogP contribution < -0.4 is 4.90 Å². The van der Waals surface area contributed by atoms with Gasteiger partial charge < -0.3 is 14.9 Å². The summed E-state index contributed by atoms with van der Waals surface area (Å²) in [7, 11) is 0. The Hall–Kier alpha value is -2.50. The fourth-order valence-corrected chi connectivity index (χ4v) is 3.68. The number of hydrogen-bond acceptors (Lipinski definition) is 4. The van der Waals surface area contributed by atoms with Gasteiger partial charge >= 0.3 is 0 Å². The smallest absolute Gasteiger partial charge is 0.137 e. The minimum atomic E-state index is -0.400. The highest BCUT2D eigenvalue weighted by molar-refractivity contribution is 5.95. The molecule has 0 aliphatic carbocycles. The van der Waals surface area contributed by atoms with Gasteiger partial charge in [0.15, 0.2) is 0 Å². The van der Waals surface area contributed by atoms with Gasteiger partial charge in [0.05, 0.1) is 12.3 Å². The lowest BCUT2D eigenvalue weighted by Crippen LogP contribution is -2.46. The Morgan fingerprint density at radius 3 is 2.52 bits per heavy atom. The summed E-state index contributed by atoms with van der Waals surface area (Å²) in [5, 5.41) is 11.4. The molecule has 1 N–H and O–H groups in total. The maximum absolute atomic E-state index is 14.2. The van der Waals surface area contributed by atoms with Crippen LogP contribution in [-0.4, -0.2) is 47.7 Å². The molecule has 0 atom stereocenters. The Morgan fingerprint density at radius 1 is 1.04 bits per heavy atom. The fraction of sp³-hybridized carbons (Fsp3) is 0.318. The summed E-state index contributed by atoms with van der Waals surface area (Å²) in [5.41, 5.74) is 1.78. The molecule has 0 radical (unpaired) electrons. The SMILES string of the molecule is CCN1CCN(c2nc(-c3ccc(CO)c(F)c3)cc3ccccc23)CC1. The van der Waals surface area contributed by atoms with Gasteiger partial charge in [0.25, 0.3) is 0 Å². The summed E-state index contributed by atoms with van der Waals surface area (Å²) in [4.78, 5) is 9.69. The second-order valence-electron chi connectivity index (χ2n) is 6.94. The number of aliphatic hydroxyl groups excluding tert-OH is 1. The van der Waals surface area contributed by atoms with Crippen molar-refractivity contribution >= 4 is 16.6 Å². The second kappa shape index (κ2) is 7.62. The molecule has 27 heavy (non-hydrogen) atoms. The maximum atomic E-state index is 14.2. The lowest BCUT2D eigenvalue weighted by molar-refractivity contribution is 0.271. The van der Waals surface area contributed by atoms with Crippen molar-refractivity contribution in [3.8, 4) is 11.3 Å². The van der Waals surface area contributed by atoms with E-state index in [2.05, 4.69) is 28.9 Å². The van der Waals surface area contributed by atoms with E-state index in [4.69, 9.17) is 4.98 Å². The van der Waals surface area contributed by atoms with Crippen LogP contribution in [0.2, 0.25) is 0 Å². The molecule has 0 bridgehead atoms. The van der Waals surface area contributed by atoms with Crippen LogP contribution in [-0.2, 0) is 6.61 Å². The van der Waals surface area contributed by atoms with Crippen molar-refractivity contribution in [2.24, 2.45) is 0 Å². The molecule has 140 valence electrons. The zero-order valence-corrected chi connectivity index (χ0v) is 15.5. The first kappa shape index (κ1) is 17.9. The van der Waals surface area contributed by atoms with E-state index in [1.807, 2.05) is 24.3 Å². The van der Waals surface area contributed by atoms with Crippen LogP contribution in [0.1, 0.15) is 12.5 Å². The van der Waals surface area contributed by atoms with Crippen molar-refractivity contribution < 1.29 is 9.50 Å². The van der Waals surface area contributed by atoms with Crippen LogP contribution in [0.25, 0.3) is 22.0 Å². The Morgan fingerprint density at radius 2 is 1.81 bits per heavy atom. The molecule has 2 heterocycles. The molecule has 1 aromatic heterocycles. The number of rotatable bonds is 4. The van der Waals surface area contributed by atoms with Gasteiger partial charge in [-0.05, 0) is 24.1 Å². The number of hydrogen-bond donors (Lipinski definition) is 1. The van der Waals surface area contributed by atoms with Gasteiger partial charge in [-0.25, -0.2) is 9.37 Å². The Balaban J connectivity index is 1.78. The van der Waals surface area contributed by atoms with Crippen molar-refractivity contribution in [1.29, 1.82) is 0 Å². The third-order valence-corrected chi connectivity index (χ3v) is 5.36. The lowest BCUT2D eigenvalue weighted by atomic mass is 10.0. The third kappa shape index (κ3) is 3.53. The van der Waals surface area contributed by atoms with Gasteiger partial charge in [-0.1, -0.05) is 43.3 Å². The van der Waals surface area contributed by atoms with Gasteiger partial charge in [-0.3, -0.25) is 0 Å². The number of aromatic nitrogens is 1. The minimum Gasteiger partial charge on any atom is -0.392 e. The lowest BCUT2D eigenvalue weighted by Gasteiger charge is -2.35. The molecule has 2 aromatic carbocycles. The number of fused-ring (bicyclic) bond motifs is 1. The zero-order valence-electron chi connectivity index (χ0n) is 15.5. The second-order valence-corrected chi connectivity index (χ2v) is 6.94. The molecule has 0 unspecified atom stereocenters. The van der Waals surface area contributed by atoms with Gasteiger partial charge in [-0.2, -0.15) is 0 Å². The topological polar surface area (TPSA) is 39.6 Å². The standard InChI is InChI=1S/C22H24FN3O/c1-2-25-9-11-26(12-10-25)22-19-6-4-3-5-16(19)14-21(24-22)17-7-8-18(15-27)20(23)13-17/h3-8,13-14,27H,2,9-12,15H2,1H3. The number of likely N-dealkylation sites (N-methyl/N-ethyl adjacent to an activating group) is 1. The van der Waals surface area contributed by atoms with Crippen molar-refractivity contribution in [2.75, 3.05) is 37.6 Å². The van der Waals surface area contributed by atoms with Crippen LogP contribution in [0.15, 0.2) is 48.5 Å². The van der Waals surface area contributed by atoms with E-state index in [0.29, 0.717) is 5.56 Å². The van der Waals surface area contributed by atoms with Crippen LogP contribution in [0, 0.1) is 5.82 Å². The van der Waals surface area contributed by atoms with Crippen LogP contribution in [0.5, 0.6) is 0 Å². The number of halogens is 1. The van der Waals surface area contributed by atoms with E-state index in [1.165, 1.54) is 6.07 Å². The first-order valence-electron chi connectivity index (χ1n) is 9.46. The highest BCUT2D eigenvalue weighted by Gasteiger charge is 2.20. The Labute approximate surface area is 158 Å². The molecule has 0 spiro atoms. The van der Waals surface area contributed by atoms with Crippen LogP contribution >= 0.6 is 0 Å². The van der Waals surface area contributed by atoms with Gasteiger partial charge in [0.2, 0.25) is 0 Å². The average Bonchev–Trinajstić information content (AvgIpc) is 2.73. The molecule has 1 aliphatic heterocycles. The molecular formula is C22H24FN3O. The highest BCUT2D eigenvalue weighted by atomic mass is 19.1. The van der Waals surface area contributed by atoms with Crippen LogP contribution in [0.4, 0.5) is 10.2 Å². The first-order valence-corrected chi connectivity index (χ1v) is 9.46. The van der Waals surface area contributed by atoms with Crippen molar-refractivity contribution in [3.63, 3.8) is 0 Å². The summed E-state index contributed by atoms with van der Waals surface area (Å²) in [6.07, 6.45) is 0. The molecule has 4 rings (SSSR count). The monoisotopic (exact) mass is 365 g/mol. The Bertz CT molecular complexity index is 951. The molecular weight excluding hydrogens is 341 g/mol. The molecule has 1 fully saturated rings. The third-order valence-electron chi connectivity index (χ3n) is 5.36. The van der Waals surface area contributed by atoms with E-state index < -0.39 is 5.82 Å². The highest BCUT2D eigenvalue weighted by Crippen LogP contribution is 2.31. The maximum Gasteiger partial charge on any atom is 0.137 e. The van der Waals surface area contributed by atoms with E-state index in [0.717, 1.165) is 60.6 Å². The van der Waals surface area contributed by atoms with E-state index in [9.17, 15) is 9.50 Å². The number of anilines is 1. The van der Waals surface area contributed by atoms with Crippen molar-refractivity contribution in [3.05, 3.63) is 59.9 Å². The van der Waals surface area contributed by atoms with E-state index >= 15 is 0 Å². The normalized spacial score (nSPS) is 15.4. The van der Waals surface area contributed by atoms with E-state index in [1.54, 1.807) is 6.07 Å². The summed E-state index contributed by atoms with van der Waals surface area (Å²) in [6.45, 7) is 6.88. The van der Waals surface area contributed by atoms with Gasteiger partial charge in [0.1, 0.15) is 11.6 Å². The molecule has 5 heteroatoms. The molecule has 4 nitrogen and oxygen atoms in total. The number of piperazine rings is 1. The largest absolute Gasteiger partial charge is 0.392 e. The van der Waals surface area contributed by atoms with Crippen LogP contribution in [0.3, 0.4) is 0 Å².